The van der Waals surface area contributed by atoms with E-state index >= 15 is 0 Å². The van der Waals surface area contributed by atoms with E-state index in [1.54, 1.807) is 24.3 Å². The number of Topliss-reactive ketones (excluding diaryl/α,β-unsaturated/α-hetero) is 1. The highest BCUT2D eigenvalue weighted by molar-refractivity contribution is 5.95. The molecule has 0 atom stereocenters. The van der Waals surface area contributed by atoms with Crippen LogP contribution in [-0.4, -0.2) is 44.2 Å². The molecule has 2 aromatic heterocycles. The molecule has 0 amide bonds. The van der Waals surface area contributed by atoms with E-state index in [0.29, 0.717) is 35.6 Å². The topological polar surface area (TPSA) is 99.0 Å². The molecule has 0 radical (unpaired) electrons. The quantitative estimate of drug-likeness (QED) is 0.624. The van der Waals surface area contributed by atoms with Crippen LogP contribution in [-0.2, 0) is 13.1 Å². The molecule has 8 nitrogen and oxygen atoms in total. The number of aromatic nitrogens is 4. The summed E-state index contributed by atoms with van der Waals surface area (Å²) in [5.41, 5.74) is 6.88. The van der Waals surface area contributed by atoms with E-state index in [1.807, 2.05) is 43.4 Å². The molecule has 1 aromatic carbocycles. The Labute approximate surface area is 163 Å². The summed E-state index contributed by atoms with van der Waals surface area (Å²) in [4.78, 5) is 32.0. The van der Waals surface area contributed by atoms with E-state index in [4.69, 9.17) is 5.73 Å². The lowest BCUT2D eigenvalue weighted by Gasteiger charge is -2.27. The van der Waals surface area contributed by atoms with Crippen molar-refractivity contribution in [3.8, 4) is 0 Å². The second kappa shape index (κ2) is 7.55. The van der Waals surface area contributed by atoms with Gasteiger partial charge in [-0.3, -0.25) is 9.59 Å². The Morgan fingerprint density at radius 2 is 1.93 bits per heavy atom. The van der Waals surface area contributed by atoms with Gasteiger partial charge in [-0.05, 0) is 20.8 Å². The summed E-state index contributed by atoms with van der Waals surface area (Å²) in [6.07, 6.45) is 1.53. The van der Waals surface area contributed by atoms with E-state index < -0.39 is 5.54 Å². The van der Waals surface area contributed by atoms with E-state index in [0.717, 1.165) is 0 Å². The molecule has 0 aliphatic carbocycles. The fourth-order valence-electron chi connectivity index (χ4n) is 3.31. The van der Waals surface area contributed by atoms with Crippen molar-refractivity contribution in [2.75, 3.05) is 18.5 Å². The molecule has 2 heterocycles. The van der Waals surface area contributed by atoms with Gasteiger partial charge in [-0.15, -0.1) is 0 Å². The highest BCUT2D eigenvalue weighted by Crippen LogP contribution is 2.20. The Kier molecular flexibility index (Phi) is 5.33. The molecular weight excluding hydrogens is 356 g/mol. The summed E-state index contributed by atoms with van der Waals surface area (Å²) in [7, 11) is 1.90. The fourth-order valence-corrected chi connectivity index (χ4v) is 3.31. The van der Waals surface area contributed by atoms with Gasteiger partial charge in [0.15, 0.2) is 5.78 Å². The van der Waals surface area contributed by atoms with E-state index in [2.05, 4.69) is 10.1 Å². The minimum absolute atomic E-state index is 0.116. The molecule has 0 aliphatic heterocycles. The van der Waals surface area contributed by atoms with E-state index in [-0.39, 0.29) is 17.9 Å². The predicted octanol–water partition coefficient (Wildman–Crippen LogP) is 1.67. The molecule has 0 saturated heterocycles. The van der Waals surface area contributed by atoms with Gasteiger partial charge >= 0.3 is 0 Å². The van der Waals surface area contributed by atoms with Gasteiger partial charge in [0, 0.05) is 31.2 Å². The summed E-state index contributed by atoms with van der Waals surface area (Å²) in [6.45, 7) is 6.84. The smallest absolute Gasteiger partial charge is 0.293 e. The van der Waals surface area contributed by atoms with Crippen molar-refractivity contribution in [2.24, 2.45) is 5.73 Å². The van der Waals surface area contributed by atoms with Gasteiger partial charge in [-0.25, -0.2) is 9.67 Å². The lowest BCUT2D eigenvalue weighted by atomic mass is 10.1. The number of imidazole rings is 1. The SMILES string of the molecule is CCn1c(N(C)CC(C)(C)N)nc2cnn(CC(=O)c3ccccc3)c(=O)c21. The molecular formula is C20H26N6O2. The van der Waals surface area contributed by atoms with Crippen LogP contribution in [0.2, 0.25) is 0 Å². The Hall–Kier alpha value is -3.00. The predicted molar refractivity (Wildman–Crippen MR) is 110 cm³/mol. The van der Waals surface area contributed by atoms with Crippen molar-refractivity contribution in [3.05, 3.63) is 52.4 Å². The highest BCUT2D eigenvalue weighted by Gasteiger charge is 2.22. The van der Waals surface area contributed by atoms with Crippen LogP contribution < -0.4 is 16.2 Å². The number of anilines is 1. The second-order valence-electron chi connectivity index (χ2n) is 7.63. The third-order valence-electron chi connectivity index (χ3n) is 4.42. The maximum Gasteiger partial charge on any atom is 0.293 e. The average Bonchev–Trinajstić information content (AvgIpc) is 3.03. The normalized spacial score (nSPS) is 11.8. The van der Waals surface area contributed by atoms with Crippen molar-refractivity contribution < 1.29 is 4.79 Å². The summed E-state index contributed by atoms with van der Waals surface area (Å²) in [6, 6.07) is 8.88. The van der Waals surface area contributed by atoms with Crippen molar-refractivity contribution in [3.63, 3.8) is 0 Å². The van der Waals surface area contributed by atoms with E-state index in [1.165, 1.54) is 10.9 Å². The van der Waals surface area contributed by atoms with Gasteiger partial charge in [-0.2, -0.15) is 5.10 Å². The lowest BCUT2D eigenvalue weighted by molar-refractivity contribution is 0.0966. The molecule has 0 fully saturated rings. The summed E-state index contributed by atoms with van der Waals surface area (Å²) in [5, 5.41) is 4.16. The Morgan fingerprint density at radius 1 is 1.25 bits per heavy atom. The molecule has 8 heteroatoms. The number of hydrogen-bond acceptors (Lipinski definition) is 6. The number of nitrogens with two attached hydrogens (primary N) is 1. The van der Waals surface area contributed by atoms with Crippen LogP contribution in [0, 0.1) is 0 Å². The van der Waals surface area contributed by atoms with Gasteiger partial charge < -0.3 is 15.2 Å². The van der Waals surface area contributed by atoms with Crippen LogP contribution >= 0.6 is 0 Å². The number of benzene rings is 1. The molecule has 3 rings (SSSR count). The largest absolute Gasteiger partial charge is 0.343 e. The van der Waals surface area contributed by atoms with Crippen molar-refractivity contribution >= 4 is 22.8 Å². The molecule has 2 N–H and O–H groups in total. The maximum atomic E-state index is 13.0. The van der Waals surface area contributed by atoms with Gasteiger partial charge in [-0.1, -0.05) is 30.3 Å². The second-order valence-corrected chi connectivity index (χ2v) is 7.63. The third-order valence-corrected chi connectivity index (χ3v) is 4.42. The van der Waals surface area contributed by atoms with Gasteiger partial charge in [0.1, 0.15) is 17.6 Å². The number of fused-ring (bicyclic) bond motifs is 1. The van der Waals surface area contributed by atoms with Crippen molar-refractivity contribution in [2.45, 2.75) is 39.4 Å². The minimum Gasteiger partial charge on any atom is -0.343 e. The molecule has 0 aliphatic rings. The van der Waals surface area contributed by atoms with E-state index in [9.17, 15) is 9.59 Å². The maximum absolute atomic E-state index is 13.0. The first-order chi connectivity index (χ1) is 13.2. The highest BCUT2D eigenvalue weighted by atomic mass is 16.1. The minimum atomic E-state index is -0.411. The number of carbonyl (C=O) groups excluding carboxylic acids is 1. The number of nitrogens with zero attached hydrogens (tertiary/aromatic N) is 5. The van der Waals surface area contributed by atoms with Crippen molar-refractivity contribution in [1.29, 1.82) is 0 Å². The first-order valence-electron chi connectivity index (χ1n) is 9.26. The Morgan fingerprint density at radius 3 is 2.54 bits per heavy atom. The number of aryl methyl sites for hydroxylation is 1. The van der Waals surface area contributed by atoms with Crippen LogP contribution in [0.1, 0.15) is 31.1 Å². The van der Waals surface area contributed by atoms with Crippen LogP contribution in [0.25, 0.3) is 11.0 Å². The zero-order chi connectivity index (χ0) is 20.5. The average molecular weight is 382 g/mol. The Balaban J connectivity index is 2.01. The summed E-state index contributed by atoms with van der Waals surface area (Å²) in [5.74, 6) is 0.487. The van der Waals surface area contributed by atoms with Crippen LogP contribution in [0.15, 0.2) is 41.3 Å². The number of hydrogen-bond donors (Lipinski definition) is 1. The van der Waals surface area contributed by atoms with Crippen LogP contribution in [0.5, 0.6) is 0 Å². The van der Waals surface area contributed by atoms with Gasteiger partial charge in [0.25, 0.3) is 5.56 Å². The van der Waals surface area contributed by atoms with Crippen LogP contribution in [0.4, 0.5) is 5.95 Å². The zero-order valence-corrected chi connectivity index (χ0v) is 16.7. The molecule has 28 heavy (non-hydrogen) atoms. The third kappa shape index (κ3) is 3.96. The number of carbonyl (C=O) groups is 1. The zero-order valence-electron chi connectivity index (χ0n) is 16.7. The monoisotopic (exact) mass is 382 g/mol. The fraction of sp³-hybridized carbons (Fsp3) is 0.400. The summed E-state index contributed by atoms with van der Waals surface area (Å²) < 4.78 is 3.04. The molecule has 0 saturated carbocycles. The first kappa shape index (κ1) is 19.8. The standard InChI is InChI=1S/C20H26N6O2/c1-5-25-17-15(23-19(25)24(4)13-20(2,3)21)11-22-26(18(17)28)12-16(27)14-9-7-6-8-10-14/h6-11H,5,12-13,21H2,1-4H3. The molecule has 0 spiro atoms. The number of rotatable bonds is 7. The molecule has 148 valence electrons. The molecule has 0 unspecified atom stereocenters. The van der Waals surface area contributed by atoms with Crippen LogP contribution in [0.3, 0.4) is 0 Å². The lowest BCUT2D eigenvalue weighted by Crippen LogP contribution is -2.44. The Bertz CT molecular complexity index is 1050. The van der Waals surface area contributed by atoms with Crippen molar-refractivity contribution in [1.82, 2.24) is 19.3 Å². The molecule has 3 aromatic rings. The number of likely N-dealkylation sites (N-methyl/N-ethyl adjacent to an activating group) is 1. The van der Waals surface area contributed by atoms with Gasteiger partial charge in [0.05, 0.1) is 6.20 Å². The van der Waals surface area contributed by atoms with Gasteiger partial charge in [0.2, 0.25) is 5.95 Å². The number of ketones is 1. The first-order valence-corrected chi connectivity index (χ1v) is 9.26. The summed E-state index contributed by atoms with van der Waals surface area (Å²) >= 11 is 0. The molecule has 0 bridgehead atoms.